The number of benzene rings is 1. The summed E-state index contributed by atoms with van der Waals surface area (Å²) in [7, 11) is 0. The van der Waals surface area contributed by atoms with E-state index in [1.165, 1.54) is 6.08 Å². The number of rotatable bonds is 4. The number of carbonyl (C=O) groups is 2. The molecule has 2 atom stereocenters. The van der Waals surface area contributed by atoms with Crippen molar-refractivity contribution in [3.05, 3.63) is 40.4 Å². The van der Waals surface area contributed by atoms with Crippen molar-refractivity contribution in [1.29, 1.82) is 0 Å². The summed E-state index contributed by atoms with van der Waals surface area (Å²) >= 11 is 3.36. The van der Waals surface area contributed by atoms with Gasteiger partial charge in [-0.2, -0.15) is 0 Å². The highest BCUT2D eigenvalue weighted by Gasteiger charge is 2.29. The highest BCUT2D eigenvalue weighted by molar-refractivity contribution is 9.10. The number of hydrogen-bond acceptors (Lipinski definition) is 3. The van der Waals surface area contributed by atoms with Crippen LogP contribution in [0.4, 0.5) is 0 Å². The zero-order valence-electron chi connectivity index (χ0n) is 13.5. The molecule has 0 spiro atoms. The van der Waals surface area contributed by atoms with Crippen molar-refractivity contribution in [1.82, 2.24) is 4.90 Å². The molecule has 1 saturated heterocycles. The molecule has 0 bridgehead atoms. The van der Waals surface area contributed by atoms with Crippen molar-refractivity contribution in [3.8, 4) is 0 Å². The molecule has 0 N–H and O–H groups in total. The number of nitrogens with zero attached hydrogens (tertiary/aromatic N) is 1. The minimum atomic E-state index is -0.501. The molecular formula is C18H22BrNO3. The zero-order valence-corrected chi connectivity index (χ0v) is 15.1. The summed E-state index contributed by atoms with van der Waals surface area (Å²) < 4.78 is 6.05. The normalized spacial score (nSPS) is 21.4. The third-order valence-electron chi connectivity index (χ3n) is 4.10. The number of piperidine rings is 1. The van der Waals surface area contributed by atoms with Crippen molar-refractivity contribution < 1.29 is 14.3 Å². The molecule has 124 valence electrons. The maximum atomic E-state index is 12.3. The Kier molecular flexibility index (Phi) is 6.39. The van der Waals surface area contributed by atoms with Gasteiger partial charge < -0.3 is 9.64 Å². The molecule has 0 aromatic heterocycles. The van der Waals surface area contributed by atoms with Gasteiger partial charge in [0.05, 0.1) is 0 Å². The minimum absolute atomic E-state index is 0.116. The van der Waals surface area contributed by atoms with Crippen molar-refractivity contribution in [3.63, 3.8) is 0 Å². The molecule has 1 aromatic carbocycles. The van der Waals surface area contributed by atoms with Crippen LogP contribution in [0.3, 0.4) is 0 Å². The number of carbonyl (C=O) groups excluding carboxylic acids is 2. The number of esters is 1. The molecule has 5 heteroatoms. The molecular weight excluding hydrogens is 358 g/mol. The largest absolute Gasteiger partial charge is 0.452 e. The van der Waals surface area contributed by atoms with Crippen LogP contribution in [0, 0.1) is 0 Å². The summed E-state index contributed by atoms with van der Waals surface area (Å²) in [4.78, 5) is 25.8. The van der Waals surface area contributed by atoms with E-state index in [-0.39, 0.29) is 24.6 Å². The second-order valence-electron chi connectivity index (χ2n) is 5.92. The molecule has 23 heavy (non-hydrogen) atoms. The standard InChI is InChI=1S/C18H22BrNO3/c1-13-4-3-5-14(2)20(13)17(21)12-23-18(22)11-8-15-6-9-16(19)10-7-15/h6-11,13-14H,3-5,12H2,1-2H3/b11-8+/t13-,14-/m0/s1. The first-order valence-corrected chi connectivity index (χ1v) is 8.68. The van der Waals surface area contributed by atoms with Crippen molar-refractivity contribution in [2.75, 3.05) is 6.61 Å². The van der Waals surface area contributed by atoms with Gasteiger partial charge in [0.25, 0.3) is 5.91 Å². The van der Waals surface area contributed by atoms with Gasteiger partial charge in [-0.15, -0.1) is 0 Å². The summed E-state index contributed by atoms with van der Waals surface area (Å²) in [6.07, 6.45) is 6.17. The molecule has 0 radical (unpaired) electrons. The Bertz CT molecular complexity index is 572. The lowest BCUT2D eigenvalue weighted by molar-refractivity contribution is -0.151. The molecule has 0 saturated carbocycles. The average molecular weight is 380 g/mol. The lowest BCUT2D eigenvalue weighted by Gasteiger charge is -2.38. The average Bonchev–Trinajstić information content (AvgIpc) is 2.52. The highest BCUT2D eigenvalue weighted by Crippen LogP contribution is 2.22. The van der Waals surface area contributed by atoms with Crippen LogP contribution in [0.25, 0.3) is 6.08 Å². The first kappa shape index (κ1) is 17.7. The maximum Gasteiger partial charge on any atom is 0.331 e. The topological polar surface area (TPSA) is 46.6 Å². The SMILES string of the molecule is C[C@H]1CCC[C@H](C)N1C(=O)COC(=O)/C=C/c1ccc(Br)cc1. The van der Waals surface area contributed by atoms with Crippen LogP contribution in [0.2, 0.25) is 0 Å². The molecule has 1 fully saturated rings. The summed E-state index contributed by atoms with van der Waals surface area (Å²) in [6, 6.07) is 7.99. The number of likely N-dealkylation sites (tertiary alicyclic amines) is 1. The lowest BCUT2D eigenvalue weighted by atomic mass is 9.97. The van der Waals surface area contributed by atoms with E-state index in [0.717, 1.165) is 29.3 Å². The number of halogens is 1. The lowest BCUT2D eigenvalue weighted by Crippen LogP contribution is -2.49. The molecule has 1 aromatic rings. The van der Waals surface area contributed by atoms with Crippen molar-refractivity contribution in [2.45, 2.75) is 45.2 Å². The van der Waals surface area contributed by atoms with E-state index < -0.39 is 5.97 Å². The summed E-state index contributed by atoms with van der Waals surface area (Å²) in [5, 5.41) is 0. The van der Waals surface area contributed by atoms with Gasteiger partial charge in [-0.05, 0) is 56.9 Å². The van der Waals surface area contributed by atoms with Gasteiger partial charge in [-0.25, -0.2) is 4.79 Å². The predicted octanol–water partition coefficient (Wildman–Crippen LogP) is 3.80. The van der Waals surface area contributed by atoms with Crippen LogP contribution < -0.4 is 0 Å². The molecule has 1 aliphatic heterocycles. The van der Waals surface area contributed by atoms with Crippen LogP contribution in [-0.4, -0.2) is 35.5 Å². The fourth-order valence-electron chi connectivity index (χ4n) is 2.91. The Labute approximate surface area is 145 Å². The number of ether oxygens (including phenoxy) is 1. The van der Waals surface area contributed by atoms with Crippen LogP contribution in [0.15, 0.2) is 34.8 Å². The van der Waals surface area contributed by atoms with Crippen LogP contribution in [0.5, 0.6) is 0 Å². The van der Waals surface area contributed by atoms with E-state index in [4.69, 9.17) is 4.74 Å². The molecule has 2 rings (SSSR count). The van der Waals surface area contributed by atoms with E-state index in [1.807, 2.05) is 43.0 Å². The summed E-state index contributed by atoms with van der Waals surface area (Å²) in [5.74, 6) is -0.617. The first-order chi connectivity index (χ1) is 11.0. The summed E-state index contributed by atoms with van der Waals surface area (Å²) in [6.45, 7) is 3.89. The Balaban J connectivity index is 1.83. The second-order valence-corrected chi connectivity index (χ2v) is 6.84. The van der Waals surface area contributed by atoms with E-state index in [1.54, 1.807) is 6.08 Å². The van der Waals surface area contributed by atoms with Crippen molar-refractivity contribution in [2.24, 2.45) is 0 Å². The minimum Gasteiger partial charge on any atom is -0.452 e. The first-order valence-electron chi connectivity index (χ1n) is 7.89. The predicted molar refractivity (Wildman–Crippen MR) is 93.8 cm³/mol. The molecule has 0 aliphatic carbocycles. The number of hydrogen-bond donors (Lipinski definition) is 0. The summed E-state index contributed by atoms with van der Waals surface area (Å²) in [5.41, 5.74) is 0.898. The second kappa shape index (κ2) is 8.29. The zero-order chi connectivity index (χ0) is 16.8. The van der Waals surface area contributed by atoms with Crippen molar-refractivity contribution >= 4 is 33.9 Å². The smallest absolute Gasteiger partial charge is 0.331 e. The third kappa shape index (κ3) is 5.20. The van der Waals surface area contributed by atoms with E-state index in [2.05, 4.69) is 15.9 Å². The third-order valence-corrected chi connectivity index (χ3v) is 4.63. The van der Waals surface area contributed by atoms with Gasteiger partial charge in [0.2, 0.25) is 0 Å². The number of amides is 1. The molecule has 4 nitrogen and oxygen atoms in total. The van der Waals surface area contributed by atoms with Crippen LogP contribution >= 0.6 is 15.9 Å². The molecule has 1 aliphatic rings. The Morgan fingerprint density at radius 3 is 2.43 bits per heavy atom. The Morgan fingerprint density at radius 1 is 1.22 bits per heavy atom. The van der Waals surface area contributed by atoms with Gasteiger partial charge in [0, 0.05) is 22.6 Å². The monoisotopic (exact) mass is 379 g/mol. The van der Waals surface area contributed by atoms with Gasteiger partial charge in [-0.3, -0.25) is 4.79 Å². The van der Waals surface area contributed by atoms with E-state index in [9.17, 15) is 9.59 Å². The molecule has 0 unspecified atom stereocenters. The van der Waals surface area contributed by atoms with Gasteiger partial charge >= 0.3 is 5.97 Å². The van der Waals surface area contributed by atoms with E-state index in [0.29, 0.717) is 0 Å². The Morgan fingerprint density at radius 2 is 1.83 bits per heavy atom. The highest BCUT2D eigenvalue weighted by atomic mass is 79.9. The fraction of sp³-hybridized carbons (Fsp3) is 0.444. The van der Waals surface area contributed by atoms with E-state index >= 15 is 0 Å². The van der Waals surface area contributed by atoms with Crippen LogP contribution in [-0.2, 0) is 14.3 Å². The molecule has 1 amide bonds. The van der Waals surface area contributed by atoms with Crippen LogP contribution in [0.1, 0.15) is 38.7 Å². The Hall–Kier alpha value is -1.62. The quantitative estimate of drug-likeness (QED) is 0.590. The maximum absolute atomic E-state index is 12.3. The molecule has 1 heterocycles. The van der Waals surface area contributed by atoms with Gasteiger partial charge in [0.1, 0.15) is 0 Å². The fourth-order valence-corrected chi connectivity index (χ4v) is 3.17. The van der Waals surface area contributed by atoms with Gasteiger partial charge in [0.15, 0.2) is 6.61 Å². The van der Waals surface area contributed by atoms with Gasteiger partial charge in [-0.1, -0.05) is 28.1 Å².